The van der Waals surface area contributed by atoms with Crippen molar-refractivity contribution in [3.05, 3.63) is 36.0 Å². The molecule has 0 spiro atoms. The lowest BCUT2D eigenvalue weighted by Crippen LogP contribution is -2.32. The molecule has 25 heavy (non-hydrogen) atoms. The second-order valence-corrected chi connectivity index (χ2v) is 7.41. The highest BCUT2D eigenvalue weighted by atomic mass is 32.2. The van der Waals surface area contributed by atoms with Crippen LogP contribution in [0.3, 0.4) is 0 Å². The van der Waals surface area contributed by atoms with E-state index in [1.165, 1.54) is 11.8 Å². The van der Waals surface area contributed by atoms with Gasteiger partial charge in [0.25, 0.3) is 0 Å². The van der Waals surface area contributed by atoms with Gasteiger partial charge in [0.2, 0.25) is 11.8 Å². The van der Waals surface area contributed by atoms with Gasteiger partial charge in [-0.25, -0.2) is 0 Å². The highest BCUT2D eigenvalue weighted by Crippen LogP contribution is 2.33. The standard InChI is InChI=1S/C18H23N3O3S/c1-12(2)17-19-18(24-20-17)15-8-5-9-21(15)16(22)11-25-14-7-4-6-13(10-14)23-3/h4,6-7,10,12,15H,5,8-9,11H2,1-3H3/t15-/m0/s1. The van der Waals surface area contributed by atoms with Crippen LogP contribution >= 0.6 is 11.8 Å². The van der Waals surface area contributed by atoms with Gasteiger partial charge in [0.15, 0.2) is 5.82 Å². The van der Waals surface area contributed by atoms with Gasteiger partial charge in [-0.05, 0) is 31.0 Å². The minimum Gasteiger partial charge on any atom is -0.497 e. The Morgan fingerprint density at radius 3 is 3.04 bits per heavy atom. The molecule has 1 saturated heterocycles. The van der Waals surface area contributed by atoms with Gasteiger partial charge in [-0.15, -0.1) is 11.8 Å². The van der Waals surface area contributed by atoms with Crippen molar-refractivity contribution in [1.82, 2.24) is 15.0 Å². The molecule has 2 heterocycles. The quantitative estimate of drug-likeness (QED) is 0.732. The molecule has 1 fully saturated rings. The van der Waals surface area contributed by atoms with Crippen molar-refractivity contribution in [3.8, 4) is 5.75 Å². The van der Waals surface area contributed by atoms with E-state index in [9.17, 15) is 4.79 Å². The molecule has 0 radical (unpaired) electrons. The SMILES string of the molecule is COc1cccc(SCC(=O)N2CCC[C@H]2c2nc(C(C)C)no2)c1. The fraction of sp³-hybridized carbons (Fsp3) is 0.500. The van der Waals surface area contributed by atoms with E-state index in [4.69, 9.17) is 9.26 Å². The molecule has 7 heteroatoms. The summed E-state index contributed by atoms with van der Waals surface area (Å²) in [7, 11) is 1.64. The molecule has 134 valence electrons. The topological polar surface area (TPSA) is 68.5 Å². The molecule has 0 bridgehead atoms. The van der Waals surface area contributed by atoms with E-state index in [1.54, 1.807) is 7.11 Å². The fourth-order valence-corrected chi connectivity index (χ4v) is 3.69. The van der Waals surface area contributed by atoms with Crippen LogP contribution in [0.5, 0.6) is 5.75 Å². The zero-order valence-electron chi connectivity index (χ0n) is 14.8. The molecule has 1 aliphatic heterocycles. The zero-order chi connectivity index (χ0) is 17.8. The Labute approximate surface area is 151 Å². The predicted octanol–water partition coefficient (Wildman–Crippen LogP) is 3.66. The lowest BCUT2D eigenvalue weighted by atomic mass is 10.2. The summed E-state index contributed by atoms with van der Waals surface area (Å²) < 4.78 is 10.6. The Kier molecular flexibility index (Phi) is 5.63. The van der Waals surface area contributed by atoms with Gasteiger partial charge in [-0.1, -0.05) is 25.1 Å². The van der Waals surface area contributed by atoms with Gasteiger partial charge >= 0.3 is 0 Å². The number of carbonyl (C=O) groups excluding carboxylic acids is 1. The summed E-state index contributed by atoms with van der Waals surface area (Å²) in [5, 5.41) is 4.02. The second-order valence-electron chi connectivity index (χ2n) is 6.36. The van der Waals surface area contributed by atoms with E-state index >= 15 is 0 Å². The van der Waals surface area contributed by atoms with Gasteiger partial charge in [-0.3, -0.25) is 4.79 Å². The highest BCUT2D eigenvalue weighted by Gasteiger charge is 2.34. The van der Waals surface area contributed by atoms with Gasteiger partial charge in [0, 0.05) is 17.4 Å². The normalized spacial score (nSPS) is 17.3. The Bertz CT molecular complexity index is 732. The van der Waals surface area contributed by atoms with Crippen molar-refractivity contribution in [2.75, 3.05) is 19.4 Å². The van der Waals surface area contributed by atoms with E-state index in [0.29, 0.717) is 17.5 Å². The molecule has 3 rings (SSSR count). The monoisotopic (exact) mass is 361 g/mol. The van der Waals surface area contributed by atoms with Crippen molar-refractivity contribution in [2.24, 2.45) is 0 Å². The molecule has 1 aromatic heterocycles. The molecule has 0 aliphatic carbocycles. The molecular weight excluding hydrogens is 338 g/mol. The third kappa shape index (κ3) is 4.15. The summed E-state index contributed by atoms with van der Waals surface area (Å²) in [6.45, 7) is 4.79. The lowest BCUT2D eigenvalue weighted by molar-refractivity contribution is -0.129. The van der Waals surface area contributed by atoms with Crippen molar-refractivity contribution in [2.45, 2.75) is 43.5 Å². The first-order valence-corrected chi connectivity index (χ1v) is 9.47. The van der Waals surface area contributed by atoms with Crippen molar-refractivity contribution >= 4 is 17.7 Å². The molecule has 2 aromatic rings. The van der Waals surface area contributed by atoms with Crippen LogP contribution in [0.25, 0.3) is 0 Å². The van der Waals surface area contributed by atoms with Crippen LogP contribution in [0.1, 0.15) is 50.4 Å². The van der Waals surface area contributed by atoms with Gasteiger partial charge in [0.1, 0.15) is 11.8 Å². The van der Waals surface area contributed by atoms with E-state index in [1.807, 2.05) is 43.0 Å². The summed E-state index contributed by atoms with van der Waals surface area (Å²) in [5.41, 5.74) is 0. The maximum Gasteiger partial charge on any atom is 0.249 e. The number of ether oxygens (including phenoxy) is 1. The maximum absolute atomic E-state index is 12.7. The van der Waals surface area contributed by atoms with E-state index in [2.05, 4.69) is 10.1 Å². The number of aromatic nitrogens is 2. The molecule has 1 aliphatic rings. The van der Waals surface area contributed by atoms with Crippen LogP contribution in [-0.2, 0) is 4.79 Å². The van der Waals surface area contributed by atoms with Crippen molar-refractivity contribution in [3.63, 3.8) is 0 Å². The molecule has 0 saturated carbocycles. The molecule has 0 N–H and O–H groups in total. The smallest absolute Gasteiger partial charge is 0.249 e. The number of likely N-dealkylation sites (tertiary alicyclic amines) is 1. The minimum absolute atomic E-state index is 0.0969. The summed E-state index contributed by atoms with van der Waals surface area (Å²) in [4.78, 5) is 20.0. The van der Waals surface area contributed by atoms with Crippen molar-refractivity contribution in [1.29, 1.82) is 0 Å². The average Bonchev–Trinajstić information content (AvgIpc) is 3.28. The summed E-state index contributed by atoms with van der Waals surface area (Å²) in [6.07, 6.45) is 1.83. The Morgan fingerprint density at radius 2 is 2.32 bits per heavy atom. The van der Waals surface area contributed by atoms with Gasteiger partial charge < -0.3 is 14.2 Å². The number of nitrogens with zero attached hydrogens (tertiary/aromatic N) is 3. The molecule has 1 aromatic carbocycles. The maximum atomic E-state index is 12.7. The Balaban J connectivity index is 1.63. The Hall–Kier alpha value is -2.02. The van der Waals surface area contributed by atoms with Gasteiger partial charge in [-0.2, -0.15) is 4.98 Å². The lowest BCUT2D eigenvalue weighted by Gasteiger charge is -2.21. The average molecular weight is 361 g/mol. The van der Waals surface area contributed by atoms with E-state index in [0.717, 1.165) is 30.0 Å². The summed E-state index contributed by atoms with van der Waals surface area (Å²) >= 11 is 1.51. The highest BCUT2D eigenvalue weighted by molar-refractivity contribution is 8.00. The number of hydrogen-bond acceptors (Lipinski definition) is 6. The first-order valence-electron chi connectivity index (χ1n) is 8.48. The summed E-state index contributed by atoms with van der Waals surface area (Å²) in [5.74, 6) is 2.74. The molecule has 0 unspecified atom stereocenters. The summed E-state index contributed by atoms with van der Waals surface area (Å²) in [6, 6.07) is 7.64. The number of methoxy groups -OCH3 is 1. The fourth-order valence-electron chi connectivity index (χ4n) is 2.86. The molecule has 6 nitrogen and oxygen atoms in total. The van der Waals surface area contributed by atoms with Gasteiger partial charge in [0.05, 0.1) is 12.9 Å². The number of benzene rings is 1. The third-order valence-corrected chi connectivity index (χ3v) is 5.21. The third-order valence-electron chi connectivity index (χ3n) is 4.24. The minimum atomic E-state index is -0.0987. The number of hydrogen-bond donors (Lipinski definition) is 0. The largest absolute Gasteiger partial charge is 0.497 e. The number of carbonyl (C=O) groups is 1. The first-order chi connectivity index (χ1) is 12.1. The van der Waals surface area contributed by atoms with Crippen LogP contribution < -0.4 is 4.74 Å². The molecule has 1 amide bonds. The van der Waals surface area contributed by atoms with Crippen LogP contribution in [0.2, 0.25) is 0 Å². The zero-order valence-corrected chi connectivity index (χ0v) is 15.6. The van der Waals surface area contributed by atoms with E-state index < -0.39 is 0 Å². The molecule has 1 atom stereocenters. The van der Waals surface area contributed by atoms with Crippen LogP contribution in [0.4, 0.5) is 0 Å². The van der Waals surface area contributed by atoms with Crippen LogP contribution in [0, 0.1) is 0 Å². The second kappa shape index (κ2) is 7.91. The van der Waals surface area contributed by atoms with E-state index in [-0.39, 0.29) is 17.9 Å². The predicted molar refractivity (Wildman–Crippen MR) is 95.8 cm³/mol. The molecular formula is C18H23N3O3S. The van der Waals surface area contributed by atoms with Crippen LogP contribution in [0.15, 0.2) is 33.7 Å². The van der Waals surface area contributed by atoms with Crippen LogP contribution in [-0.4, -0.2) is 40.4 Å². The Morgan fingerprint density at radius 1 is 1.48 bits per heavy atom. The number of amides is 1. The number of thioether (sulfide) groups is 1. The first kappa shape index (κ1) is 17.8. The number of rotatable bonds is 6. The van der Waals surface area contributed by atoms with Crippen molar-refractivity contribution < 1.29 is 14.1 Å².